The molecule has 3 heterocycles. The molecule has 6 heteroatoms. The molecule has 2 fully saturated rings. The Hall–Kier alpha value is -1.40. The normalized spacial score (nSPS) is 24.4. The van der Waals surface area contributed by atoms with Gasteiger partial charge in [-0.05, 0) is 19.4 Å². The van der Waals surface area contributed by atoms with Crippen LogP contribution in [-0.2, 0) is 4.74 Å². The second-order valence-corrected chi connectivity index (χ2v) is 5.16. The third-order valence-electron chi connectivity index (χ3n) is 3.76. The molecule has 1 atom stereocenters. The van der Waals surface area contributed by atoms with E-state index < -0.39 is 0 Å². The van der Waals surface area contributed by atoms with Crippen molar-refractivity contribution >= 4 is 11.8 Å². The average Bonchev–Trinajstić information content (AvgIpc) is 2.81. The van der Waals surface area contributed by atoms with Crippen molar-refractivity contribution in [2.24, 2.45) is 0 Å². The summed E-state index contributed by atoms with van der Waals surface area (Å²) in [6, 6.07) is 2.08. The summed E-state index contributed by atoms with van der Waals surface area (Å²) in [6.07, 6.45) is 2.16. The molecule has 2 aliphatic heterocycles. The summed E-state index contributed by atoms with van der Waals surface area (Å²) in [5.41, 5.74) is 6.89. The quantitative estimate of drug-likeness (QED) is 0.802. The molecular weight excluding hydrogens is 242 g/mol. The molecular formula is C13H21N5O. The van der Waals surface area contributed by atoms with E-state index >= 15 is 0 Å². The molecule has 0 aromatic carbocycles. The number of hydrogen-bond acceptors (Lipinski definition) is 6. The summed E-state index contributed by atoms with van der Waals surface area (Å²) in [6.45, 7) is 5.61. The fourth-order valence-electron chi connectivity index (χ4n) is 2.69. The lowest BCUT2D eigenvalue weighted by molar-refractivity contribution is 0.193. The molecule has 1 unspecified atom stereocenters. The molecule has 0 spiro atoms. The van der Waals surface area contributed by atoms with Gasteiger partial charge in [0.1, 0.15) is 5.82 Å². The van der Waals surface area contributed by atoms with Gasteiger partial charge in [0.05, 0.1) is 12.3 Å². The molecule has 3 rings (SSSR count). The molecule has 1 aromatic heterocycles. The average molecular weight is 263 g/mol. The monoisotopic (exact) mass is 263 g/mol. The Morgan fingerprint density at radius 2 is 2.26 bits per heavy atom. The van der Waals surface area contributed by atoms with Crippen molar-refractivity contribution < 1.29 is 4.74 Å². The topological polar surface area (TPSA) is 76.3 Å². The Morgan fingerprint density at radius 1 is 1.32 bits per heavy atom. The Labute approximate surface area is 113 Å². The van der Waals surface area contributed by atoms with Crippen LogP contribution in [0.2, 0.25) is 0 Å². The van der Waals surface area contributed by atoms with Gasteiger partial charge in [0.25, 0.3) is 0 Å². The number of anilines is 2. The molecule has 6 nitrogen and oxygen atoms in total. The number of aromatic nitrogens is 2. The van der Waals surface area contributed by atoms with Crippen molar-refractivity contribution in [3.63, 3.8) is 0 Å². The number of ether oxygens (including phenoxy) is 1. The van der Waals surface area contributed by atoms with Gasteiger partial charge in [-0.15, -0.1) is 0 Å². The molecule has 0 bridgehead atoms. The van der Waals surface area contributed by atoms with Crippen LogP contribution in [0.25, 0.3) is 0 Å². The minimum absolute atomic E-state index is 0.370. The Morgan fingerprint density at radius 3 is 3.11 bits per heavy atom. The first-order chi connectivity index (χ1) is 9.33. The van der Waals surface area contributed by atoms with Crippen molar-refractivity contribution in [2.75, 3.05) is 50.0 Å². The van der Waals surface area contributed by atoms with Gasteiger partial charge in [-0.3, -0.25) is 0 Å². The van der Waals surface area contributed by atoms with Gasteiger partial charge in [0.2, 0.25) is 5.95 Å². The van der Waals surface area contributed by atoms with Crippen LogP contribution in [0.1, 0.15) is 24.5 Å². The molecule has 2 saturated heterocycles. The zero-order valence-corrected chi connectivity index (χ0v) is 11.1. The second kappa shape index (κ2) is 5.71. The van der Waals surface area contributed by atoms with Crippen molar-refractivity contribution in [1.82, 2.24) is 15.3 Å². The molecule has 0 aliphatic carbocycles. The Balaban J connectivity index is 1.83. The number of nitrogens with one attached hydrogen (secondary N) is 1. The fraction of sp³-hybridized carbons (Fsp3) is 0.692. The zero-order valence-electron chi connectivity index (χ0n) is 11.1. The lowest BCUT2D eigenvalue weighted by Gasteiger charge is -2.22. The number of nitrogens with two attached hydrogens (primary N) is 1. The third-order valence-corrected chi connectivity index (χ3v) is 3.76. The highest BCUT2D eigenvalue weighted by atomic mass is 16.5. The maximum Gasteiger partial charge on any atom is 0.222 e. The van der Waals surface area contributed by atoms with Gasteiger partial charge in [-0.1, -0.05) is 0 Å². The Bertz CT molecular complexity index is 425. The highest BCUT2D eigenvalue weighted by molar-refractivity contribution is 5.44. The molecule has 0 radical (unpaired) electrons. The highest BCUT2D eigenvalue weighted by Gasteiger charge is 2.21. The summed E-state index contributed by atoms with van der Waals surface area (Å²) in [5.74, 6) is 1.70. The summed E-state index contributed by atoms with van der Waals surface area (Å²) in [7, 11) is 0. The van der Waals surface area contributed by atoms with Gasteiger partial charge in [0.15, 0.2) is 0 Å². The number of nitrogens with zero attached hydrogens (tertiary/aromatic N) is 3. The number of rotatable bonds is 2. The maximum atomic E-state index is 5.87. The third kappa shape index (κ3) is 2.96. The SMILES string of the molecule is Nc1nc(C2CCOC2)cc(N2CCCNCC2)n1. The van der Waals surface area contributed by atoms with Crippen LogP contribution in [0.4, 0.5) is 11.8 Å². The summed E-state index contributed by atoms with van der Waals surface area (Å²) >= 11 is 0. The minimum atomic E-state index is 0.370. The van der Waals surface area contributed by atoms with Gasteiger partial charge >= 0.3 is 0 Å². The van der Waals surface area contributed by atoms with Crippen molar-refractivity contribution in [3.8, 4) is 0 Å². The second-order valence-electron chi connectivity index (χ2n) is 5.16. The summed E-state index contributed by atoms with van der Waals surface area (Å²) in [5, 5.41) is 3.39. The van der Waals surface area contributed by atoms with E-state index in [1.165, 1.54) is 0 Å². The summed E-state index contributed by atoms with van der Waals surface area (Å²) < 4.78 is 5.43. The van der Waals surface area contributed by atoms with E-state index in [-0.39, 0.29) is 0 Å². The zero-order chi connectivity index (χ0) is 13.1. The lowest BCUT2D eigenvalue weighted by Crippen LogP contribution is -2.29. The van der Waals surface area contributed by atoms with E-state index in [1.54, 1.807) is 0 Å². The molecule has 0 saturated carbocycles. The minimum Gasteiger partial charge on any atom is -0.381 e. The molecule has 104 valence electrons. The van der Waals surface area contributed by atoms with Crippen LogP contribution >= 0.6 is 0 Å². The molecule has 1 aromatic rings. The fourth-order valence-corrected chi connectivity index (χ4v) is 2.69. The molecule has 2 aliphatic rings. The van der Waals surface area contributed by atoms with Crippen molar-refractivity contribution in [3.05, 3.63) is 11.8 Å². The van der Waals surface area contributed by atoms with Gasteiger partial charge < -0.3 is 20.7 Å². The van der Waals surface area contributed by atoms with Gasteiger partial charge in [-0.25, -0.2) is 4.98 Å². The van der Waals surface area contributed by atoms with Crippen molar-refractivity contribution in [1.29, 1.82) is 0 Å². The maximum absolute atomic E-state index is 5.87. The molecule has 19 heavy (non-hydrogen) atoms. The largest absolute Gasteiger partial charge is 0.381 e. The highest BCUT2D eigenvalue weighted by Crippen LogP contribution is 2.26. The van der Waals surface area contributed by atoms with E-state index in [4.69, 9.17) is 10.5 Å². The van der Waals surface area contributed by atoms with Crippen LogP contribution in [0.15, 0.2) is 6.07 Å². The smallest absolute Gasteiger partial charge is 0.222 e. The first kappa shape index (κ1) is 12.6. The predicted molar refractivity (Wildman–Crippen MR) is 74.3 cm³/mol. The summed E-state index contributed by atoms with van der Waals surface area (Å²) in [4.78, 5) is 11.1. The van der Waals surface area contributed by atoms with Crippen LogP contribution in [0.3, 0.4) is 0 Å². The van der Waals surface area contributed by atoms with Gasteiger partial charge in [0, 0.05) is 38.2 Å². The van der Waals surface area contributed by atoms with E-state index in [9.17, 15) is 0 Å². The van der Waals surface area contributed by atoms with Crippen LogP contribution in [0.5, 0.6) is 0 Å². The Kier molecular flexibility index (Phi) is 3.79. The number of nitrogen functional groups attached to an aromatic ring is 1. The first-order valence-electron chi connectivity index (χ1n) is 7.01. The van der Waals surface area contributed by atoms with Crippen LogP contribution < -0.4 is 16.0 Å². The first-order valence-corrected chi connectivity index (χ1v) is 7.01. The molecule has 0 amide bonds. The number of hydrogen-bond donors (Lipinski definition) is 2. The van der Waals surface area contributed by atoms with Crippen LogP contribution in [-0.4, -0.2) is 49.4 Å². The predicted octanol–water partition coefficient (Wildman–Crippen LogP) is 0.362. The molecule has 3 N–H and O–H groups in total. The van der Waals surface area contributed by atoms with Gasteiger partial charge in [-0.2, -0.15) is 4.98 Å². The van der Waals surface area contributed by atoms with Crippen LogP contribution in [0, 0.1) is 0 Å². The van der Waals surface area contributed by atoms with Crippen molar-refractivity contribution in [2.45, 2.75) is 18.8 Å². The lowest BCUT2D eigenvalue weighted by atomic mass is 10.0. The standard InChI is InChI=1S/C13H21N5O/c14-13-16-11(10-2-7-19-9-10)8-12(17-13)18-5-1-3-15-4-6-18/h8,10,15H,1-7,9H2,(H2,14,16,17). The van der Waals surface area contributed by atoms with E-state index in [2.05, 4.69) is 26.3 Å². The van der Waals surface area contributed by atoms with E-state index in [0.29, 0.717) is 11.9 Å². The van der Waals surface area contributed by atoms with E-state index in [0.717, 1.165) is 63.7 Å². The van der Waals surface area contributed by atoms with E-state index in [1.807, 2.05) is 0 Å².